The van der Waals surface area contributed by atoms with E-state index in [9.17, 15) is 4.79 Å². The average molecular weight is 429 g/mol. The Kier molecular flexibility index (Phi) is 6.98. The number of anilines is 2. The summed E-state index contributed by atoms with van der Waals surface area (Å²) in [5.41, 5.74) is 5.18. The molecule has 1 aromatic carbocycles. The molecule has 1 N–H and O–H groups in total. The highest BCUT2D eigenvalue weighted by Crippen LogP contribution is 2.30. The van der Waals surface area contributed by atoms with Gasteiger partial charge in [0.2, 0.25) is 0 Å². The lowest BCUT2D eigenvalue weighted by Gasteiger charge is -2.27. The van der Waals surface area contributed by atoms with E-state index < -0.39 is 0 Å². The van der Waals surface area contributed by atoms with Crippen LogP contribution in [-0.4, -0.2) is 45.4 Å². The highest BCUT2D eigenvalue weighted by molar-refractivity contribution is 7.99. The van der Waals surface area contributed by atoms with Crippen molar-refractivity contribution in [1.29, 1.82) is 0 Å². The first-order chi connectivity index (χ1) is 13.7. The number of pyridine rings is 2. The molecule has 0 unspecified atom stereocenters. The van der Waals surface area contributed by atoms with Gasteiger partial charge in [0.05, 0.1) is 11.3 Å². The summed E-state index contributed by atoms with van der Waals surface area (Å²) in [5.74, 6) is 1.99. The second-order valence-corrected chi connectivity index (χ2v) is 8.18. The number of rotatable bonds is 4. The van der Waals surface area contributed by atoms with Crippen molar-refractivity contribution in [1.82, 2.24) is 14.9 Å². The number of nitrogens with zero attached hydrogens (tertiary/aromatic N) is 3. The van der Waals surface area contributed by atoms with Crippen molar-refractivity contribution < 1.29 is 4.79 Å². The number of hydrogen-bond acceptors (Lipinski definition) is 5. The van der Waals surface area contributed by atoms with Crippen LogP contribution in [0.4, 0.5) is 11.4 Å². The average Bonchev–Trinajstić information content (AvgIpc) is 2.74. The molecule has 5 nitrogen and oxygen atoms in total. The molecule has 0 bridgehead atoms. The van der Waals surface area contributed by atoms with Crippen LogP contribution in [0, 0.1) is 6.92 Å². The standard InChI is InChI=1S/C22H24N4OS.ClH/c1-3-16-5-7-17(8-6-16)25-20-18-9-4-15(2)24-21(18)23-14-19(20)22(27)26-10-12-28-13-11-26;/h4-9,14H,3,10-13H2,1-2H3,(H,23,24,25);1H. The van der Waals surface area contributed by atoms with Gasteiger partial charge in [0.25, 0.3) is 5.91 Å². The predicted molar refractivity (Wildman–Crippen MR) is 124 cm³/mol. The van der Waals surface area contributed by atoms with Crippen LogP contribution in [-0.2, 0) is 6.42 Å². The maximum atomic E-state index is 13.2. The molecule has 29 heavy (non-hydrogen) atoms. The molecule has 0 radical (unpaired) electrons. The molecule has 0 spiro atoms. The molecule has 0 atom stereocenters. The van der Waals surface area contributed by atoms with E-state index in [1.54, 1.807) is 6.20 Å². The molecular weight excluding hydrogens is 404 g/mol. The van der Waals surface area contributed by atoms with Gasteiger partial charge in [-0.25, -0.2) is 9.97 Å². The van der Waals surface area contributed by atoms with Gasteiger partial charge in [0, 0.05) is 47.6 Å². The molecule has 1 fully saturated rings. The molecule has 1 aliphatic rings. The van der Waals surface area contributed by atoms with Gasteiger partial charge in [0.1, 0.15) is 0 Å². The normalized spacial score (nSPS) is 13.8. The Labute approximate surface area is 181 Å². The quantitative estimate of drug-likeness (QED) is 0.643. The van der Waals surface area contributed by atoms with Crippen molar-refractivity contribution in [2.45, 2.75) is 20.3 Å². The number of benzene rings is 1. The smallest absolute Gasteiger partial charge is 0.257 e. The Morgan fingerprint density at radius 2 is 1.86 bits per heavy atom. The van der Waals surface area contributed by atoms with E-state index in [4.69, 9.17) is 0 Å². The van der Waals surface area contributed by atoms with Crippen LogP contribution in [0.2, 0.25) is 0 Å². The van der Waals surface area contributed by atoms with Crippen LogP contribution in [0.1, 0.15) is 28.5 Å². The first-order valence-electron chi connectivity index (χ1n) is 9.65. The zero-order chi connectivity index (χ0) is 19.5. The van der Waals surface area contributed by atoms with Gasteiger partial charge in [-0.15, -0.1) is 12.4 Å². The lowest BCUT2D eigenvalue weighted by atomic mass is 10.1. The maximum absolute atomic E-state index is 13.2. The Hall–Kier alpha value is -2.31. The van der Waals surface area contributed by atoms with E-state index in [-0.39, 0.29) is 18.3 Å². The number of hydrogen-bond donors (Lipinski definition) is 1. The summed E-state index contributed by atoms with van der Waals surface area (Å²) < 4.78 is 0. The Bertz CT molecular complexity index is 1000. The van der Waals surface area contributed by atoms with Gasteiger partial charge in [0.15, 0.2) is 5.65 Å². The Morgan fingerprint density at radius 1 is 1.14 bits per heavy atom. The van der Waals surface area contributed by atoms with Crippen LogP contribution in [0.15, 0.2) is 42.6 Å². The molecule has 7 heteroatoms. The Balaban J connectivity index is 0.00000240. The minimum Gasteiger partial charge on any atom is -0.354 e. The second-order valence-electron chi connectivity index (χ2n) is 6.95. The number of carbonyl (C=O) groups excluding carboxylic acids is 1. The first-order valence-corrected chi connectivity index (χ1v) is 10.8. The van der Waals surface area contributed by atoms with Crippen molar-refractivity contribution in [2.24, 2.45) is 0 Å². The topological polar surface area (TPSA) is 58.1 Å². The maximum Gasteiger partial charge on any atom is 0.257 e. The van der Waals surface area contributed by atoms with Crippen LogP contribution in [0.5, 0.6) is 0 Å². The van der Waals surface area contributed by atoms with E-state index in [0.717, 1.165) is 53.5 Å². The minimum absolute atomic E-state index is 0. The number of aryl methyl sites for hydroxylation is 2. The van der Waals surface area contributed by atoms with Crippen molar-refractivity contribution in [3.63, 3.8) is 0 Å². The zero-order valence-electron chi connectivity index (χ0n) is 16.6. The van der Waals surface area contributed by atoms with Crippen molar-refractivity contribution in [3.8, 4) is 0 Å². The summed E-state index contributed by atoms with van der Waals surface area (Å²) in [5, 5.41) is 4.34. The fourth-order valence-corrected chi connectivity index (χ4v) is 4.28. The van der Waals surface area contributed by atoms with Gasteiger partial charge in [-0.1, -0.05) is 19.1 Å². The van der Waals surface area contributed by atoms with Crippen LogP contribution >= 0.6 is 24.2 Å². The number of halogens is 1. The molecule has 1 aliphatic heterocycles. The molecule has 152 valence electrons. The number of amides is 1. The third-order valence-electron chi connectivity index (χ3n) is 5.03. The van der Waals surface area contributed by atoms with E-state index in [1.165, 1.54) is 5.56 Å². The molecule has 3 aromatic rings. The van der Waals surface area contributed by atoms with Crippen LogP contribution < -0.4 is 5.32 Å². The van der Waals surface area contributed by atoms with Crippen molar-refractivity contribution >= 4 is 52.5 Å². The van der Waals surface area contributed by atoms with Gasteiger partial charge in [-0.3, -0.25) is 4.79 Å². The molecule has 0 aliphatic carbocycles. The van der Waals surface area contributed by atoms with Gasteiger partial charge < -0.3 is 10.2 Å². The highest BCUT2D eigenvalue weighted by atomic mass is 35.5. The highest BCUT2D eigenvalue weighted by Gasteiger charge is 2.23. The second kappa shape index (κ2) is 9.46. The first kappa shape index (κ1) is 21.4. The molecule has 1 saturated heterocycles. The third-order valence-corrected chi connectivity index (χ3v) is 5.97. The summed E-state index contributed by atoms with van der Waals surface area (Å²) >= 11 is 1.89. The summed E-state index contributed by atoms with van der Waals surface area (Å²) in [4.78, 5) is 24.2. The summed E-state index contributed by atoms with van der Waals surface area (Å²) in [6, 6.07) is 12.3. The van der Waals surface area contributed by atoms with E-state index in [0.29, 0.717) is 11.2 Å². The third kappa shape index (κ3) is 4.65. The van der Waals surface area contributed by atoms with Crippen LogP contribution in [0.3, 0.4) is 0 Å². The van der Waals surface area contributed by atoms with Crippen LogP contribution in [0.25, 0.3) is 11.0 Å². The number of aromatic nitrogens is 2. The summed E-state index contributed by atoms with van der Waals surface area (Å²) in [6.07, 6.45) is 2.67. The fraction of sp³-hybridized carbons (Fsp3) is 0.318. The van der Waals surface area contributed by atoms with E-state index >= 15 is 0 Å². The molecule has 4 rings (SSSR count). The predicted octanol–water partition coefficient (Wildman–Crippen LogP) is 4.86. The molecular formula is C22H25ClN4OS. The Morgan fingerprint density at radius 3 is 2.55 bits per heavy atom. The zero-order valence-corrected chi connectivity index (χ0v) is 18.3. The number of carbonyl (C=O) groups is 1. The molecule has 1 amide bonds. The largest absolute Gasteiger partial charge is 0.354 e. The van der Waals surface area contributed by atoms with Crippen molar-refractivity contribution in [2.75, 3.05) is 29.9 Å². The van der Waals surface area contributed by atoms with Gasteiger partial charge in [-0.05, 0) is 43.2 Å². The number of fused-ring (bicyclic) bond motifs is 1. The van der Waals surface area contributed by atoms with E-state index in [2.05, 4.69) is 46.5 Å². The summed E-state index contributed by atoms with van der Waals surface area (Å²) in [6.45, 7) is 5.64. The molecule has 0 saturated carbocycles. The minimum atomic E-state index is 0. The van der Waals surface area contributed by atoms with E-state index in [1.807, 2.05) is 35.7 Å². The SMILES string of the molecule is CCc1ccc(Nc2c(C(=O)N3CCSCC3)cnc3nc(C)ccc23)cc1.Cl. The molecule has 3 heterocycles. The summed E-state index contributed by atoms with van der Waals surface area (Å²) in [7, 11) is 0. The fourth-order valence-electron chi connectivity index (χ4n) is 3.37. The number of nitrogens with one attached hydrogen (secondary N) is 1. The van der Waals surface area contributed by atoms with Crippen molar-refractivity contribution in [3.05, 3.63) is 59.4 Å². The lowest BCUT2D eigenvalue weighted by molar-refractivity contribution is 0.0773. The molecule has 2 aromatic heterocycles. The van der Waals surface area contributed by atoms with Gasteiger partial charge in [-0.2, -0.15) is 11.8 Å². The monoisotopic (exact) mass is 428 g/mol. The van der Waals surface area contributed by atoms with Gasteiger partial charge >= 0.3 is 0 Å². The number of thioether (sulfide) groups is 1. The lowest BCUT2D eigenvalue weighted by Crippen LogP contribution is -2.38.